The van der Waals surface area contributed by atoms with Crippen molar-refractivity contribution >= 4 is 34.0 Å². The average Bonchev–Trinajstić information content (AvgIpc) is 3.04. The van der Waals surface area contributed by atoms with Crippen molar-refractivity contribution in [2.45, 2.75) is 25.7 Å². The number of carbonyl (C=O) groups is 1. The van der Waals surface area contributed by atoms with E-state index in [0.717, 1.165) is 12.3 Å². The molecule has 1 amide bonds. The molecule has 1 N–H and O–H groups in total. The van der Waals surface area contributed by atoms with E-state index >= 15 is 0 Å². The number of alkyl halides is 2. The predicted molar refractivity (Wildman–Crippen MR) is 99.5 cm³/mol. The number of pyridine rings is 1. The first-order chi connectivity index (χ1) is 13.6. The van der Waals surface area contributed by atoms with Gasteiger partial charge in [-0.2, -0.15) is 5.10 Å². The van der Waals surface area contributed by atoms with Crippen LogP contribution in [-0.2, 0) is 15.6 Å². The summed E-state index contributed by atoms with van der Waals surface area (Å²) in [7, 11) is -1.52. The van der Waals surface area contributed by atoms with Crippen LogP contribution in [0.15, 0.2) is 24.7 Å². The molecular formula is C17H19ClF3N4O3S+. The van der Waals surface area contributed by atoms with Gasteiger partial charge in [-0.15, -0.1) is 0 Å². The second-order valence-electron chi connectivity index (χ2n) is 6.70. The molecule has 158 valence electrons. The number of carbonyl (C=O) groups excluding carboxylic acids is 1. The molecule has 0 spiro atoms. The van der Waals surface area contributed by atoms with Crippen LogP contribution in [0, 0.1) is 11.7 Å². The Morgan fingerprint density at radius 1 is 1.52 bits per heavy atom. The molecule has 1 aliphatic carbocycles. The van der Waals surface area contributed by atoms with E-state index in [0.29, 0.717) is 4.73 Å². The lowest BCUT2D eigenvalue weighted by molar-refractivity contribution is -0.905. The summed E-state index contributed by atoms with van der Waals surface area (Å²) in [5.41, 5.74) is 0.433. The van der Waals surface area contributed by atoms with Crippen LogP contribution in [0.2, 0.25) is 5.15 Å². The topological polar surface area (TPSA) is 79.3 Å². The third-order valence-corrected chi connectivity index (χ3v) is 6.22. The van der Waals surface area contributed by atoms with Crippen molar-refractivity contribution in [1.29, 1.82) is 0 Å². The van der Waals surface area contributed by atoms with E-state index in [1.54, 1.807) is 6.92 Å². The molecule has 2 aromatic rings. The zero-order valence-electron chi connectivity index (χ0n) is 15.4. The molecule has 2 unspecified atom stereocenters. The summed E-state index contributed by atoms with van der Waals surface area (Å²) in [4.78, 5) is 13.9. The first kappa shape index (κ1) is 21.6. The summed E-state index contributed by atoms with van der Waals surface area (Å²) in [5, 5.41) is 13.5. The van der Waals surface area contributed by atoms with Gasteiger partial charge in [-0.25, -0.2) is 17.9 Å². The Labute approximate surface area is 172 Å². The summed E-state index contributed by atoms with van der Waals surface area (Å²) < 4.78 is 53.0. The van der Waals surface area contributed by atoms with Crippen LogP contribution in [-0.4, -0.2) is 49.1 Å². The van der Waals surface area contributed by atoms with E-state index in [-0.39, 0.29) is 53.3 Å². The maximum Gasteiger partial charge on any atom is 0.257 e. The fraction of sp³-hybridized carbons (Fsp3) is 0.471. The highest BCUT2D eigenvalue weighted by atomic mass is 35.5. The van der Waals surface area contributed by atoms with Crippen LogP contribution in [0.5, 0.6) is 0 Å². The van der Waals surface area contributed by atoms with E-state index in [1.165, 1.54) is 22.0 Å². The highest BCUT2D eigenvalue weighted by Crippen LogP contribution is 2.48. The molecule has 0 aromatic carbocycles. The number of aromatic nitrogens is 3. The number of rotatable bonds is 8. The van der Waals surface area contributed by atoms with Crippen molar-refractivity contribution in [3.63, 3.8) is 0 Å². The van der Waals surface area contributed by atoms with Gasteiger partial charge in [0.05, 0.1) is 6.20 Å². The van der Waals surface area contributed by atoms with Gasteiger partial charge >= 0.3 is 0 Å². The van der Waals surface area contributed by atoms with E-state index < -0.39 is 28.5 Å². The largest absolute Gasteiger partial charge is 0.308 e. The minimum Gasteiger partial charge on any atom is -0.308 e. The molecule has 1 fully saturated rings. The third-order valence-electron chi connectivity index (χ3n) is 4.52. The normalized spacial score (nSPS) is 18.4. The van der Waals surface area contributed by atoms with Crippen LogP contribution in [0.3, 0.4) is 0 Å². The third kappa shape index (κ3) is 5.08. The Morgan fingerprint density at radius 2 is 2.21 bits per heavy atom. The van der Waals surface area contributed by atoms with Crippen LogP contribution in [0.25, 0.3) is 5.69 Å². The Bertz CT molecular complexity index is 936. The second kappa shape index (κ2) is 8.31. The predicted octanol–water partition coefficient (Wildman–Crippen LogP) is 2.34. The number of hydrogen-bond acceptors (Lipinski definition) is 4. The molecule has 2 atom stereocenters. The van der Waals surface area contributed by atoms with Gasteiger partial charge in [-0.05, 0) is 6.92 Å². The minimum absolute atomic E-state index is 0.0207. The monoisotopic (exact) mass is 451 g/mol. The Hall–Kier alpha value is -2.14. The molecule has 7 nitrogen and oxygen atoms in total. The summed E-state index contributed by atoms with van der Waals surface area (Å²) >= 11 is 6.13. The van der Waals surface area contributed by atoms with Crippen molar-refractivity contribution in [3.05, 3.63) is 35.6 Å². The SMILES string of the molecule is CCN(C(=O)CCS(=O)CC1CC1(F)F)c1cn(-c2cc(F)c[n+](O)c2)nc1Cl. The molecule has 2 heterocycles. The van der Waals surface area contributed by atoms with Gasteiger partial charge in [0, 0.05) is 58.4 Å². The lowest BCUT2D eigenvalue weighted by Crippen LogP contribution is -2.31. The van der Waals surface area contributed by atoms with E-state index in [2.05, 4.69) is 5.10 Å². The molecule has 0 saturated heterocycles. The van der Waals surface area contributed by atoms with Crippen molar-refractivity contribution in [3.8, 4) is 5.69 Å². The van der Waals surface area contributed by atoms with Crippen LogP contribution in [0.1, 0.15) is 19.8 Å². The van der Waals surface area contributed by atoms with E-state index in [1.807, 2.05) is 0 Å². The van der Waals surface area contributed by atoms with Crippen molar-refractivity contribution in [1.82, 2.24) is 9.78 Å². The number of anilines is 1. The summed E-state index contributed by atoms with van der Waals surface area (Å²) in [5.74, 6) is -4.84. The number of nitrogens with zero attached hydrogens (tertiary/aromatic N) is 4. The molecule has 0 bridgehead atoms. The van der Waals surface area contributed by atoms with Gasteiger partial charge in [-0.3, -0.25) is 14.2 Å². The maximum atomic E-state index is 13.5. The summed E-state index contributed by atoms with van der Waals surface area (Å²) in [6, 6.07) is 1.12. The van der Waals surface area contributed by atoms with Crippen molar-refractivity contribution in [2.75, 3.05) is 23.0 Å². The van der Waals surface area contributed by atoms with Gasteiger partial charge in [0.2, 0.25) is 12.1 Å². The standard InChI is InChI=1S/C17H19ClF3N4O3S/c1-2-24(15(26)3-4-29(28)10-11-6-17(11,20)21)14-9-25(22-16(14)18)13-5-12(19)7-23(27)8-13/h5,7-9,11,27H,2-4,6,10H2,1H3/q+1. The maximum absolute atomic E-state index is 13.5. The number of halogens is 4. The molecule has 2 aromatic heterocycles. The Morgan fingerprint density at radius 3 is 2.79 bits per heavy atom. The first-order valence-corrected chi connectivity index (χ1v) is 10.7. The number of hydrogen-bond donors (Lipinski definition) is 1. The zero-order chi connectivity index (χ0) is 21.3. The fourth-order valence-corrected chi connectivity index (χ4v) is 4.48. The molecule has 1 aliphatic rings. The zero-order valence-corrected chi connectivity index (χ0v) is 17.0. The van der Waals surface area contributed by atoms with Gasteiger partial charge < -0.3 is 4.90 Å². The van der Waals surface area contributed by atoms with E-state index in [4.69, 9.17) is 11.6 Å². The lowest BCUT2D eigenvalue weighted by Gasteiger charge is -2.19. The van der Waals surface area contributed by atoms with Gasteiger partial charge in [0.15, 0.2) is 11.0 Å². The Balaban J connectivity index is 1.68. The molecule has 0 aliphatic heterocycles. The second-order valence-corrected chi connectivity index (χ2v) is 8.68. The van der Waals surface area contributed by atoms with Crippen LogP contribution < -0.4 is 9.63 Å². The smallest absolute Gasteiger partial charge is 0.257 e. The van der Waals surface area contributed by atoms with Gasteiger partial charge in [0.25, 0.3) is 12.1 Å². The molecular weight excluding hydrogens is 433 g/mol. The van der Waals surface area contributed by atoms with Crippen LogP contribution >= 0.6 is 11.6 Å². The van der Waals surface area contributed by atoms with Crippen molar-refractivity contribution in [2.24, 2.45) is 5.92 Å². The van der Waals surface area contributed by atoms with Crippen LogP contribution in [0.4, 0.5) is 18.9 Å². The van der Waals surface area contributed by atoms with Crippen molar-refractivity contribution < 1.29 is 32.1 Å². The average molecular weight is 452 g/mol. The Kier molecular flexibility index (Phi) is 6.18. The van der Waals surface area contributed by atoms with E-state index in [9.17, 15) is 27.4 Å². The van der Waals surface area contributed by atoms with Gasteiger partial charge in [0.1, 0.15) is 11.4 Å². The van der Waals surface area contributed by atoms with Gasteiger partial charge in [-0.1, -0.05) is 11.6 Å². The first-order valence-electron chi connectivity index (χ1n) is 8.80. The molecule has 3 rings (SSSR count). The minimum atomic E-state index is -2.74. The molecule has 12 heteroatoms. The lowest BCUT2D eigenvalue weighted by atomic mass is 10.3. The summed E-state index contributed by atoms with van der Waals surface area (Å²) in [6.07, 6.45) is 3.10. The fourth-order valence-electron chi connectivity index (χ4n) is 2.87. The quantitative estimate of drug-likeness (QED) is 0.493. The highest BCUT2D eigenvalue weighted by molar-refractivity contribution is 7.85. The summed E-state index contributed by atoms with van der Waals surface area (Å²) in [6.45, 7) is 1.94. The molecule has 29 heavy (non-hydrogen) atoms. The highest BCUT2D eigenvalue weighted by Gasteiger charge is 2.57. The number of amides is 1. The molecule has 0 radical (unpaired) electrons. The molecule has 1 saturated carbocycles.